The summed E-state index contributed by atoms with van der Waals surface area (Å²) in [7, 11) is 0. The van der Waals surface area contributed by atoms with Crippen LogP contribution in [0.1, 0.15) is 53.4 Å². The molecule has 0 bridgehead atoms. The van der Waals surface area contributed by atoms with E-state index in [0.717, 1.165) is 11.2 Å². The van der Waals surface area contributed by atoms with Crippen LogP contribution in [0.5, 0.6) is 0 Å². The predicted octanol–water partition coefficient (Wildman–Crippen LogP) is 4.93. The van der Waals surface area contributed by atoms with Crippen LogP contribution in [0.25, 0.3) is 0 Å². The molecule has 1 unspecified atom stereocenters. The monoisotopic (exact) mass is 246 g/mol. The topological polar surface area (TPSA) is 0 Å². The standard InChI is InChI=1S/C12H23Br/c1-5-10(4)12(7-3)8-11(6-2)9-13/h11H,5-9H2,1-4H3/b12-10-. The number of hydrogen-bond acceptors (Lipinski definition) is 0. The minimum Gasteiger partial charge on any atom is -0.0925 e. The highest BCUT2D eigenvalue weighted by Crippen LogP contribution is 2.23. The van der Waals surface area contributed by atoms with Gasteiger partial charge in [-0.3, -0.25) is 0 Å². The highest BCUT2D eigenvalue weighted by Gasteiger charge is 2.08. The van der Waals surface area contributed by atoms with Crippen molar-refractivity contribution < 1.29 is 0 Å². The van der Waals surface area contributed by atoms with E-state index in [1.54, 1.807) is 11.1 Å². The van der Waals surface area contributed by atoms with Crippen LogP contribution in [0.3, 0.4) is 0 Å². The van der Waals surface area contributed by atoms with Crippen molar-refractivity contribution in [3.63, 3.8) is 0 Å². The molecule has 0 spiro atoms. The predicted molar refractivity (Wildman–Crippen MR) is 65.5 cm³/mol. The number of rotatable bonds is 6. The van der Waals surface area contributed by atoms with Crippen LogP contribution >= 0.6 is 15.9 Å². The van der Waals surface area contributed by atoms with Crippen molar-refractivity contribution in [3.05, 3.63) is 11.1 Å². The Balaban J connectivity index is 4.26. The van der Waals surface area contributed by atoms with Gasteiger partial charge in [-0.15, -0.1) is 0 Å². The van der Waals surface area contributed by atoms with Crippen LogP contribution in [-0.2, 0) is 0 Å². The third kappa shape index (κ3) is 4.85. The molecule has 0 amide bonds. The van der Waals surface area contributed by atoms with Crippen molar-refractivity contribution in [1.82, 2.24) is 0 Å². The highest BCUT2D eigenvalue weighted by atomic mass is 79.9. The lowest BCUT2D eigenvalue weighted by Gasteiger charge is -2.15. The molecule has 0 aliphatic carbocycles. The van der Waals surface area contributed by atoms with Gasteiger partial charge in [0.25, 0.3) is 0 Å². The molecule has 0 aromatic carbocycles. The first kappa shape index (κ1) is 13.2. The van der Waals surface area contributed by atoms with Crippen LogP contribution in [0, 0.1) is 5.92 Å². The Kier molecular flexibility index (Phi) is 7.74. The lowest BCUT2D eigenvalue weighted by atomic mass is 9.93. The highest BCUT2D eigenvalue weighted by molar-refractivity contribution is 9.09. The summed E-state index contributed by atoms with van der Waals surface area (Å²) >= 11 is 3.58. The largest absolute Gasteiger partial charge is 0.0925 e. The lowest BCUT2D eigenvalue weighted by Crippen LogP contribution is -2.03. The maximum Gasteiger partial charge on any atom is 0.00626 e. The Morgan fingerprint density at radius 3 is 2.08 bits per heavy atom. The first-order valence-corrected chi connectivity index (χ1v) is 6.55. The van der Waals surface area contributed by atoms with Gasteiger partial charge in [0, 0.05) is 5.33 Å². The zero-order valence-electron chi connectivity index (χ0n) is 9.49. The molecule has 0 aliphatic heterocycles. The van der Waals surface area contributed by atoms with Gasteiger partial charge in [-0.2, -0.15) is 0 Å². The Bertz CT molecular complexity index is 155. The van der Waals surface area contributed by atoms with Gasteiger partial charge in [-0.1, -0.05) is 54.3 Å². The van der Waals surface area contributed by atoms with Gasteiger partial charge in [0.2, 0.25) is 0 Å². The summed E-state index contributed by atoms with van der Waals surface area (Å²) in [5, 5.41) is 1.14. The summed E-state index contributed by atoms with van der Waals surface area (Å²) < 4.78 is 0. The fourth-order valence-corrected chi connectivity index (χ4v) is 2.21. The second-order valence-corrected chi connectivity index (χ2v) is 4.37. The lowest BCUT2D eigenvalue weighted by molar-refractivity contribution is 0.558. The molecule has 0 nitrogen and oxygen atoms in total. The first-order chi connectivity index (χ1) is 6.19. The van der Waals surface area contributed by atoms with Crippen LogP contribution in [0.4, 0.5) is 0 Å². The third-order valence-electron chi connectivity index (χ3n) is 2.89. The van der Waals surface area contributed by atoms with Gasteiger partial charge in [0.15, 0.2) is 0 Å². The van der Waals surface area contributed by atoms with E-state index in [1.165, 1.54) is 25.7 Å². The summed E-state index contributed by atoms with van der Waals surface area (Å²) in [6, 6.07) is 0. The quantitative estimate of drug-likeness (QED) is 0.461. The number of alkyl halides is 1. The van der Waals surface area contributed by atoms with E-state index in [4.69, 9.17) is 0 Å². The average molecular weight is 247 g/mol. The second-order valence-electron chi connectivity index (χ2n) is 3.72. The van der Waals surface area contributed by atoms with Crippen LogP contribution in [-0.4, -0.2) is 5.33 Å². The van der Waals surface area contributed by atoms with Crippen molar-refractivity contribution in [1.29, 1.82) is 0 Å². The molecule has 0 radical (unpaired) electrons. The molecule has 0 rings (SSSR count). The molecule has 78 valence electrons. The summed E-state index contributed by atoms with van der Waals surface area (Å²) in [4.78, 5) is 0. The maximum atomic E-state index is 3.58. The summed E-state index contributed by atoms with van der Waals surface area (Å²) in [6.07, 6.45) is 5.01. The third-order valence-corrected chi connectivity index (χ3v) is 3.81. The molecular weight excluding hydrogens is 224 g/mol. The van der Waals surface area contributed by atoms with E-state index >= 15 is 0 Å². The second kappa shape index (κ2) is 7.61. The molecule has 0 aromatic heterocycles. The molecule has 0 aromatic rings. The fraction of sp³-hybridized carbons (Fsp3) is 0.833. The Labute approximate surface area is 91.9 Å². The fourth-order valence-electron chi connectivity index (χ4n) is 1.53. The molecular formula is C12H23Br. The van der Waals surface area contributed by atoms with E-state index in [9.17, 15) is 0 Å². The summed E-state index contributed by atoms with van der Waals surface area (Å²) in [5.41, 5.74) is 3.27. The normalized spacial score (nSPS) is 15.5. The Morgan fingerprint density at radius 1 is 1.15 bits per heavy atom. The van der Waals surface area contributed by atoms with Gasteiger partial charge in [0.1, 0.15) is 0 Å². The van der Waals surface area contributed by atoms with E-state index < -0.39 is 0 Å². The first-order valence-electron chi connectivity index (χ1n) is 5.42. The molecule has 0 saturated carbocycles. The maximum absolute atomic E-state index is 3.58. The van der Waals surface area contributed by atoms with E-state index in [-0.39, 0.29) is 0 Å². The molecule has 1 atom stereocenters. The average Bonchev–Trinajstić information content (AvgIpc) is 2.19. The van der Waals surface area contributed by atoms with Crippen molar-refractivity contribution >= 4 is 15.9 Å². The Morgan fingerprint density at radius 2 is 1.77 bits per heavy atom. The zero-order chi connectivity index (χ0) is 10.3. The van der Waals surface area contributed by atoms with Crippen LogP contribution in [0.2, 0.25) is 0 Å². The molecule has 0 N–H and O–H groups in total. The zero-order valence-corrected chi connectivity index (χ0v) is 11.1. The SMILES string of the molecule is CC/C(C)=C(/CC)CC(CC)CBr. The van der Waals surface area contributed by atoms with Crippen molar-refractivity contribution in [2.24, 2.45) is 5.92 Å². The molecule has 0 fully saturated rings. The number of halogens is 1. The van der Waals surface area contributed by atoms with Crippen molar-refractivity contribution in [3.8, 4) is 0 Å². The molecule has 0 aliphatic rings. The Hall–Kier alpha value is 0.220. The molecule has 0 saturated heterocycles. The van der Waals surface area contributed by atoms with E-state index in [2.05, 4.69) is 43.6 Å². The molecule has 0 heterocycles. The summed E-state index contributed by atoms with van der Waals surface area (Å²) in [5.74, 6) is 0.830. The van der Waals surface area contributed by atoms with Crippen molar-refractivity contribution in [2.75, 3.05) is 5.33 Å². The van der Waals surface area contributed by atoms with Gasteiger partial charge >= 0.3 is 0 Å². The van der Waals surface area contributed by atoms with Crippen molar-refractivity contribution in [2.45, 2.75) is 53.4 Å². The van der Waals surface area contributed by atoms with E-state index in [1.807, 2.05) is 0 Å². The minimum atomic E-state index is 0.830. The van der Waals surface area contributed by atoms with Gasteiger partial charge in [-0.25, -0.2) is 0 Å². The molecule has 13 heavy (non-hydrogen) atoms. The summed E-state index contributed by atoms with van der Waals surface area (Å²) in [6.45, 7) is 9.08. The van der Waals surface area contributed by atoms with E-state index in [0.29, 0.717) is 0 Å². The molecule has 1 heteroatoms. The number of hydrogen-bond donors (Lipinski definition) is 0. The van der Waals surface area contributed by atoms with Gasteiger partial charge in [0.05, 0.1) is 0 Å². The van der Waals surface area contributed by atoms with Gasteiger partial charge in [-0.05, 0) is 32.1 Å². The van der Waals surface area contributed by atoms with Gasteiger partial charge < -0.3 is 0 Å². The van der Waals surface area contributed by atoms with Crippen LogP contribution < -0.4 is 0 Å². The smallest absolute Gasteiger partial charge is 0.00626 e. The number of allylic oxidation sites excluding steroid dienone is 2. The minimum absolute atomic E-state index is 0.830. The van der Waals surface area contributed by atoms with Crippen LogP contribution in [0.15, 0.2) is 11.1 Å².